The summed E-state index contributed by atoms with van der Waals surface area (Å²) in [6, 6.07) is 2.57. The Hall–Kier alpha value is -1.71. The molecule has 0 aliphatic carbocycles. The molecule has 25 heavy (non-hydrogen) atoms. The number of nitrogens with zero attached hydrogens (tertiary/aromatic N) is 3. The van der Waals surface area contributed by atoms with E-state index in [1.807, 2.05) is 0 Å². The first-order valence-electron chi connectivity index (χ1n) is 8.59. The van der Waals surface area contributed by atoms with Gasteiger partial charge in [0.25, 0.3) is 0 Å². The molecule has 0 atom stereocenters. The van der Waals surface area contributed by atoms with E-state index in [9.17, 15) is 9.59 Å². The Labute approximate surface area is 148 Å². The van der Waals surface area contributed by atoms with Gasteiger partial charge in [-0.15, -0.1) is 0 Å². The standard InChI is InChI=1S/C16H26N4O4Si/c1-25(2,3)7-6-23-12-20-13(4-5-18-20)14(21)24-15(22)19-10-16(11-19)8-17-9-16/h4-5,17H,6-12H2,1-3H3. The lowest BCUT2D eigenvalue weighted by molar-refractivity contribution is -0.0309. The van der Waals surface area contributed by atoms with Crippen LogP contribution >= 0.6 is 0 Å². The Bertz CT molecular complexity index is 643. The normalized spacial score (nSPS) is 18.6. The summed E-state index contributed by atoms with van der Waals surface area (Å²) in [5, 5.41) is 7.27. The minimum Gasteiger partial charge on any atom is -0.371 e. The number of esters is 1. The second-order valence-corrected chi connectivity index (χ2v) is 13.8. The highest BCUT2D eigenvalue weighted by atomic mass is 28.3. The van der Waals surface area contributed by atoms with E-state index in [1.54, 1.807) is 4.90 Å². The molecule has 2 saturated heterocycles. The van der Waals surface area contributed by atoms with Gasteiger partial charge in [0.05, 0.1) is 0 Å². The molecular formula is C16H26N4O4Si. The van der Waals surface area contributed by atoms with Crippen LogP contribution in [0.5, 0.6) is 0 Å². The predicted octanol–water partition coefficient (Wildman–Crippen LogP) is 1.38. The molecule has 8 nitrogen and oxygen atoms in total. The smallest absolute Gasteiger partial charge is 0.371 e. The molecule has 0 bridgehead atoms. The lowest BCUT2D eigenvalue weighted by atomic mass is 9.75. The van der Waals surface area contributed by atoms with E-state index in [-0.39, 0.29) is 17.8 Å². The highest BCUT2D eigenvalue weighted by Gasteiger charge is 2.50. The molecule has 138 valence electrons. The van der Waals surface area contributed by atoms with Crippen LogP contribution in [0, 0.1) is 5.41 Å². The number of likely N-dealkylation sites (tertiary alicyclic amines) is 1. The molecule has 1 spiro atoms. The summed E-state index contributed by atoms with van der Waals surface area (Å²) in [6.45, 7) is 10.8. The van der Waals surface area contributed by atoms with Gasteiger partial charge in [-0.2, -0.15) is 5.10 Å². The predicted molar refractivity (Wildman–Crippen MR) is 94.0 cm³/mol. The van der Waals surface area contributed by atoms with Crippen molar-refractivity contribution >= 4 is 20.1 Å². The van der Waals surface area contributed by atoms with Crippen LogP contribution in [0.25, 0.3) is 0 Å². The Morgan fingerprint density at radius 3 is 2.64 bits per heavy atom. The maximum atomic E-state index is 12.2. The maximum Gasteiger partial charge on any atom is 0.417 e. The van der Waals surface area contributed by atoms with E-state index >= 15 is 0 Å². The monoisotopic (exact) mass is 366 g/mol. The summed E-state index contributed by atoms with van der Waals surface area (Å²) < 4.78 is 12.0. The van der Waals surface area contributed by atoms with Crippen molar-refractivity contribution in [1.82, 2.24) is 20.0 Å². The third-order valence-electron chi connectivity index (χ3n) is 4.63. The average Bonchev–Trinajstić information content (AvgIpc) is 2.87. The van der Waals surface area contributed by atoms with E-state index in [1.165, 1.54) is 16.9 Å². The number of aromatic nitrogens is 2. The molecule has 1 aromatic rings. The molecule has 0 aromatic carbocycles. The summed E-state index contributed by atoms with van der Waals surface area (Å²) >= 11 is 0. The van der Waals surface area contributed by atoms with Crippen molar-refractivity contribution in [3.63, 3.8) is 0 Å². The Kier molecular flexibility index (Phi) is 4.98. The van der Waals surface area contributed by atoms with E-state index < -0.39 is 20.1 Å². The Balaban J connectivity index is 1.46. The highest BCUT2D eigenvalue weighted by Crippen LogP contribution is 2.34. The maximum absolute atomic E-state index is 12.2. The van der Waals surface area contributed by atoms with Gasteiger partial charge in [-0.1, -0.05) is 19.6 Å². The van der Waals surface area contributed by atoms with Gasteiger partial charge in [0.15, 0.2) is 0 Å². The van der Waals surface area contributed by atoms with E-state index in [0.717, 1.165) is 19.1 Å². The molecule has 3 rings (SSSR count). The molecule has 0 radical (unpaired) electrons. The van der Waals surface area contributed by atoms with Crippen LogP contribution in [0.1, 0.15) is 10.5 Å². The second kappa shape index (κ2) is 6.89. The second-order valence-electron chi connectivity index (χ2n) is 8.18. The van der Waals surface area contributed by atoms with Crippen LogP contribution in [0.15, 0.2) is 12.3 Å². The van der Waals surface area contributed by atoms with Crippen molar-refractivity contribution < 1.29 is 19.1 Å². The van der Waals surface area contributed by atoms with E-state index in [0.29, 0.717) is 19.7 Å². The first kappa shape index (κ1) is 18.1. The zero-order chi connectivity index (χ0) is 18.1. The topological polar surface area (TPSA) is 85.7 Å². The van der Waals surface area contributed by atoms with Crippen molar-refractivity contribution in [2.75, 3.05) is 32.8 Å². The minimum atomic E-state index is -1.16. The van der Waals surface area contributed by atoms with Crippen LogP contribution in [-0.4, -0.2) is 67.6 Å². The molecule has 2 aliphatic rings. The summed E-state index contributed by atoms with van der Waals surface area (Å²) in [6.07, 6.45) is 0.914. The molecule has 9 heteroatoms. The fraction of sp³-hybridized carbons (Fsp3) is 0.688. The van der Waals surface area contributed by atoms with Crippen LogP contribution in [0.4, 0.5) is 4.79 Å². The van der Waals surface area contributed by atoms with Gasteiger partial charge < -0.3 is 19.7 Å². The first-order valence-corrected chi connectivity index (χ1v) is 12.3. The summed E-state index contributed by atoms with van der Waals surface area (Å²) in [5.74, 6) is -0.691. The molecule has 3 heterocycles. The molecule has 1 aromatic heterocycles. The fourth-order valence-electron chi connectivity index (χ4n) is 2.93. The fourth-order valence-corrected chi connectivity index (χ4v) is 3.69. The SMILES string of the molecule is C[Si](C)(C)CCOCn1nccc1C(=O)OC(=O)N1CC2(CNC2)C1. The molecule has 2 aliphatic heterocycles. The summed E-state index contributed by atoms with van der Waals surface area (Å²) in [5.41, 5.74) is 0.426. The Morgan fingerprint density at radius 1 is 1.32 bits per heavy atom. The lowest BCUT2D eigenvalue weighted by Crippen LogP contribution is -2.72. The Morgan fingerprint density at radius 2 is 2.04 bits per heavy atom. The number of hydrogen-bond donors (Lipinski definition) is 1. The van der Waals surface area contributed by atoms with Gasteiger partial charge in [-0.3, -0.25) is 0 Å². The van der Waals surface area contributed by atoms with Crippen molar-refractivity contribution in [2.45, 2.75) is 32.4 Å². The van der Waals surface area contributed by atoms with Gasteiger partial charge in [0.2, 0.25) is 0 Å². The third-order valence-corrected chi connectivity index (χ3v) is 6.33. The zero-order valence-corrected chi connectivity index (χ0v) is 16.1. The first-order chi connectivity index (χ1) is 11.8. The van der Waals surface area contributed by atoms with Gasteiger partial charge in [0.1, 0.15) is 12.4 Å². The third kappa shape index (κ3) is 4.28. The molecule has 0 saturated carbocycles. The van der Waals surface area contributed by atoms with Gasteiger partial charge in [-0.05, 0) is 12.1 Å². The highest BCUT2D eigenvalue weighted by molar-refractivity contribution is 6.76. The average molecular weight is 366 g/mol. The van der Waals surface area contributed by atoms with Crippen molar-refractivity contribution in [2.24, 2.45) is 5.41 Å². The molecule has 2 fully saturated rings. The number of ether oxygens (including phenoxy) is 2. The number of carbonyl (C=O) groups excluding carboxylic acids is 2. The van der Waals surface area contributed by atoms with Crippen LogP contribution in [0.2, 0.25) is 25.7 Å². The summed E-state index contributed by atoms with van der Waals surface area (Å²) in [4.78, 5) is 25.8. The molecular weight excluding hydrogens is 340 g/mol. The van der Waals surface area contributed by atoms with Gasteiger partial charge in [0, 0.05) is 52.5 Å². The number of hydrogen-bond acceptors (Lipinski definition) is 6. The van der Waals surface area contributed by atoms with Gasteiger partial charge >= 0.3 is 12.1 Å². The molecule has 1 amide bonds. The molecule has 1 N–H and O–H groups in total. The summed E-state index contributed by atoms with van der Waals surface area (Å²) in [7, 11) is -1.16. The van der Waals surface area contributed by atoms with Crippen molar-refractivity contribution in [1.29, 1.82) is 0 Å². The largest absolute Gasteiger partial charge is 0.417 e. The minimum absolute atomic E-state index is 0.175. The zero-order valence-electron chi connectivity index (χ0n) is 15.1. The van der Waals surface area contributed by atoms with E-state index in [4.69, 9.17) is 9.47 Å². The van der Waals surface area contributed by atoms with Crippen molar-refractivity contribution in [3.05, 3.63) is 18.0 Å². The van der Waals surface area contributed by atoms with Crippen LogP contribution in [0.3, 0.4) is 0 Å². The lowest BCUT2D eigenvalue weighted by Gasteiger charge is -2.55. The van der Waals surface area contributed by atoms with Crippen molar-refractivity contribution in [3.8, 4) is 0 Å². The van der Waals surface area contributed by atoms with Crippen LogP contribution < -0.4 is 5.32 Å². The number of amides is 1. The number of rotatable bonds is 6. The van der Waals surface area contributed by atoms with E-state index in [2.05, 4.69) is 30.1 Å². The number of nitrogens with one attached hydrogen (secondary N) is 1. The molecule has 0 unspecified atom stereocenters. The quantitative estimate of drug-likeness (QED) is 0.354. The van der Waals surface area contributed by atoms with Gasteiger partial charge in [-0.25, -0.2) is 14.3 Å². The van der Waals surface area contributed by atoms with Crippen LogP contribution in [-0.2, 0) is 16.2 Å². The number of carbonyl (C=O) groups is 2.